The van der Waals surface area contributed by atoms with Crippen molar-refractivity contribution in [1.29, 1.82) is 5.26 Å². The lowest BCUT2D eigenvalue weighted by molar-refractivity contribution is 0.0696. The summed E-state index contributed by atoms with van der Waals surface area (Å²) in [5.74, 6) is 0.505. The molecule has 3 atom stereocenters. The van der Waals surface area contributed by atoms with Crippen LogP contribution < -0.4 is 9.46 Å². The number of hydrogen-bond donors (Lipinski definition) is 2. The van der Waals surface area contributed by atoms with Gasteiger partial charge in [-0.25, -0.2) is 13.2 Å². The summed E-state index contributed by atoms with van der Waals surface area (Å²) in [6.45, 7) is 0. The van der Waals surface area contributed by atoms with Crippen LogP contribution in [0.15, 0.2) is 35.2 Å². The Morgan fingerprint density at radius 1 is 1.16 bits per heavy atom. The van der Waals surface area contributed by atoms with E-state index in [1.807, 2.05) is 6.07 Å². The first-order chi connectivity index (χ1) is 15.2. The van der Waals surface area contributed by atoms with Crippen molar-refractivity contribution in [2.75, 3.05) is 4.72 Å². The van der Waals surface area contributed by atoms with E-state index >= 15 is 0 Å². The van der Waals surface area contributed by atoms with Crippen molar-refractivity contribution in [2.45, 2.75) is 49.0 Å². The van der Waals surface area contributed by atoms with Crippen LogP contribution in [0.3, 0.4) is 0 Å². The van der Waals surface area contributed by atoms with Gasteiger partial charge < -0.3 is 9.84 Å². The number of nitrogens with zero attached hydrogens (tertiary/aromatic N) is 1. The summed E-state index contributed by atoms with van der Waals surface area (Å²) >= 11 is 6.20. The van der Waals surface area contributed by atoms with Crippen molar-refractivity contribution in [3.8, 4) is 11.8 Å². The van der Waals surface area contributed by atoms with Crippen molar-refractivity contribution >= 4 is 33.3 Å². The van der Waals surface area contributed by atoms with E-state index in [1.165, 1.54) is 30.7 Å². The van der Waals surface area contributed by atoms with Crippen LogP contribution in [0.1, 0.15) is 59.5 Å². The van der Waals surface area contributed by atoms with E-state index in [2.05, 4.69) is 4.72 Å². The summed E-state index contributed by atoms with van der Waals surface area (Å²) < 4.78 is 35.4. The molecule has 9 heteroatoms. The lowest BCUT2D eigenvalue weighted by Crippen LogP contribution is -2.19. The predicted octanol–water partition coefficient (Wildman–Crippen LogP) is 4.77. The SMILES string of the molecule is N#Cc1cc(NS(=O)(=O)c2cc(C(=O)O)ccc2C2CC2)c(OC2C[C@@H]3C[C@@H]3C2)cc1Cl. The topological polar surface area (TPSA) is 116 Å². The van der Waals surface area contributed by atoms with Gasteiger partial charge in [0.15, 0.2) is 0 Å². The number of anilines is 1. The number of rotatable bonds is 7. The predicted molar refractivity (Wildman–Crippen MR) is 118 cm³/mol. The molecule has 0 heterocycles. The number of benzene rings is 2. The summed E-state index contributed by atoms with van der Waals surface area (Å²) in [4.78, 5) is 11.4. The van der Waals surface area contributed by atoms with Gasteiger partial charge in [-0.2, -0.15) is 5.26 Å². The first-order valence-electron chi connectivity index (χ1n) is 10.6. The van der Waals surface area contributed by atoms with Crippen LogP contribution in [0, 0.1) is 23.2 Å². The second-order valence-electron chi connectivity index (χ2n) is 8.84. The Bertz CT molecular complexity index is 1260. The van der Waals surface area contributed by atoms with Gasteiger partial charge in [0.05, 0.1) is 32.8 Å². The second-order valence-corrected chi connectivity index (χ2v) is 10.9. The molecule has 7 nitrogen and oxygen atoms in total. The number of ether oxygens (including phenoxy) is 1. The van der Waals surface area contributed by atoms with E-state index in [0.717, 1.165) is 25.7 Å². The third-order valence-corrected chi connectivity index (χ3v) is 8.23. The zero-order valence-corrected chi connectivity index (χ0v) is 18.6. The van der Waals surface area contributed by atoms with Crippen molar-refractivity contribution in [1.82, 2.24) is 0 Å². The number of carboxylic acids is 1. The molecule has 0 aromatic heterocycles. The largest absolute Gasteiger partial charge is 0.488 e. The minimum atomic E-state index is -4.15. The minimum absolute atomic E-state index is 0.0247. The van der Waals surface area contributed by atoms with Gasteiger partial charge in [0.2, 0.25) is 0 Å². The number of halogens is 1. The van der Waals surface area contributed by atoms with E-state index in [-0.39, 0.29) is 44.5 Å². The first-order valence-corrected chi connectivity index (χ1v) is 12.4. The number of carbonyl (C=O) groups is 1. The number of nitrogens with one attached hydrogen (secondary N) is 1. The molecule has 2 aromatic carbocycles. The Morgan fingerprint density at radius 3 is 2.50 bits per heavy atom. The van der Waals surface area contributed by atoms with Crippen molar-refractivity contribution in [2.24, 2.45) is 11.8 Å². The number of carboxylic acid groups (broad SMARTS) is 1. The smallest absolute Gasteiger partial charge is 0.335 e. The second kappa shape index (κ2) is 7.68. The highest BCUT2D eigenvalue weighted by molar-refractivity contribution is 7.92. The van der Waals surface area contributed by atoms with Crippen LogP contribution in [0.2, 0.25) is 5.02 Å². The third-order valence-electron chi connectivity index (χ3n) is 6.50. The molecule has 2 N–H and O–H groups in total. The summed E-state index contributed by atoms with van der Waals surface area (Å²) in [7, 11) is -4.15. The fourth-order valence-corrected chi connectivity index (χ4v) is 6.17. The lowest BCUT2D eigenvalue weighted by atomic mass is 10.1. The molecule has 0 radical (unpaired) electrons. The highest BCUT2D eigenvalue weighted by Gasteiger charge is 2.47. The van der Waals surface area contributed by atoms with E-state index in [1.54, 1.807) is 6.07 Å². The number of hydrogen-bond acceptors (Lipinski definition) is 5. The fourth-order valence-electron chi connectivity index (χ4n) is 4.58. The molecular weight excluding hydrogens is 452 g/mol. The van der Waals surface area contributed by atoms with E-state index in [9.17, 15) is 23.6 Å². The van der Waals surface area contributed by atoms with E-state index < -0.39 is 16.0 Å². The molecule has 0 aliphatic heterocycles. The fraction of sp³-hybridized carbons (Fsp3) is 0.391. The molecule has 166 valence electrons. The maximum absolute atomic E-state index is 13.4. The van der Waals surface area contributed by atoms with Crippen LogP contribution in [0.5, 0.6) is 5.75 Å². The Balaban J connectivity index is 1.51. The van der Waals surface area contributed by atoms with Gasteiger partial charge in [-0.05, 0) is 73.6 Å². The molecule has 0 saturated heterocycles. The van der Waals surface area contributed by atoms with Crippen LogP contribution in [0.25, 0.3) is 0 Å². The molecule has 3 aliphatic carbocycles. The van der Waals surface area contributed by atoms with Gasteiger partial charge in [-0.1, -0.05) is 17.7 Å². The third kappa shape index (κ3) is 4.03. The molecule has 3 fully saturated rings. The zero-order chi connectivity index (χ0) is 22.6. The van der Waals surface area contributed by atoms with Gasteiger partial charge in [-0.15, -0.1) is 0 Å². The van der Waals surface area contributed by atoms with Crippen LogP contribution in [0.4, 0.5) is 5.69 Å². The van der Waals surface area contributed by atoms with E-state index in [0.29, 0.717) is 17.4 Å². The summed E-state index contributed by atoms with van der Waals surface area (Å²) in [6.07, 6.45) is 4.74. The number of nitriles is 1. The highest BCUT2D eigenvalue weighted by Crippen LogP contribution is 2.53. The standard InChI is InChI=1S/C23H21ClN2O5S/c24-19-10-21(31-17-6-14-5-15(14)7-17)20(8-16(19)11-25)26-32(29,30)22-9-13(23(27)28)3-4-18(22)12-1-2-12/h3-4,8-10,12,14-15,17,26H,1-2,5-7H2,(H,27,28)/t14-,15+,17?. The monoisotopic (exact) mass is 472 g/mol. The van der Waals surface area contributed by atoms with Crippen LogP contribution in [-0.2, 0) is 10.0 Å². The summed E-state index contributed by atoms with van der Waals surface area (Å²) in [5.41, 5.74) is 0.724. The van der Waals surface area contributed by atoms with Crippen LogP contribution in [-0.4, -0.2) is 25.6 Å². The molecular formula is C23H21ClN2O5S. The molecule has 0 bridgehead atoms. The zero-order valence-electron chi connectivity index (χ0n) is 17.0. The highest BCUT2D eigenvalue weighted by atomic mass is 35.5. The van der Waals surface area contributed by atoms with Gasteiger partial charge in [0.1, 0.15) is 11.8 Å². The molecule has 5 rings (SSSR count). The van der Waals surface area contributed by atoms with E-state index in [4.69, 9.17) is 16.3 Å². The normalized spacial score (nSPS) is 23.8. The summed E-state index contributed by atoms with van der Waals surface area (Å²) in [5, 5.41) is 18.9. The summed E-state index contributed by atoms with van der Waals surface area (Å²) in [6, 6.07) is 8.97. The van der Waals surface area contributed by atoms with Crippen LogP contribution >= 0.6 is 11.6 Å². The maximum Gasteiger partial charge on any atom is 0.335 e. The van der Waals surface area contributed by atoms with Gasteiger partial charge in [0.25, 0.3) is 10.0 Å². The molecule has 1 unspecified atom stereocenters. The van der Waals surface area contributed by atoms with Crippen molar-refractivity contribution < 1.29 is 23.1 Å². The lowest BCUT2D eigenvalue weighted by Gasteiger charge is -2.20. The molecule has 0 spiro atoms. The number of sulfonamides is 1. The number of fused-ring (bicyclic) bond motifs is 1. The quantitative estimate of drug-likeness (QED) is 0.599. The van der Waals surface area contributed by atoms with Gasteiger partial charge >= 0.3 is 5.97 Å². The van der Waals surface area contributed by atoms with Gasteiger partial charge in [0, 0.05) is 6.07 Å². The average molecular weight is 473 g/mol. The Hall–Kier alpha value is -2.76. The minimum Gasteiger partial charge on any atom is -0.488 e. The maximum atomic E-state index is 13.4. The Morgan fingerprint density at radius 2 is 1.88 bits per heavy atom. The molecule has 0 amide bonds. The van der Waals surface area contributed by atoms with Gasteiger partial charge in [-0.3, -0.25) is 4.72 Å². The molecule has 3 aliphatic rings. The Kier molecular flexibility index (Phi) is 5.06. The van der Waals surface area contributed by atoms with Crippen molar-refractivity contribution in [3.63, 3.8) is 0 Å². The Labute approximate surface area is 191 Å². The average Bonchev–Trinajstić information content (AvgIpc) is 3.68. The first kappa shape index (κ1) is 21.1. The molecule has 2 aromatic rings. The molecule has 32 heavy (non-hydrogen) atoms. The van der Waals surface area contributed by atoms with Crippen molar-refractivity contribution in [3.05, 3.63) is 52.0 Å². The molecule has 3 saturated carbocycles. The number of aromatic carboxylic acids is 1.